The van der Waals surface area contributed by atoms with Crippen molar-refractivity contribution < 1.29 is 14.3 Å². The van der Waals surface area contributed by atoms with Gasteiger partial charge >= 0.3 is 0 Å². The normalized spacial score (nSPS) is 17.5. The molecule has 9 heteroatoms. The minimum atomic E-state index is -0.174. The lowest BCUT2D eigenvalue weighted by atomic mass is 9.91. The van der Waals surface area contributed by atoms with Gasteiger partial charge in [0, 0.05) is 30.5 Å². The molecule has 2 aromatic heterocycles. The largest absolute Gasteiger partial charge is 0.481 e. The maximum atomic E-state index is 12.9. The van der Waals surface area contributed by atoms with Gasteiger partial charge in [-0.25, -0.2) is 9.97 Å². The molecular weight excluding hydrogens is 430 g/mol. The number of carbonyl (C=O) groups is 1. The lowest BCUT2D eigenvalue weighted by molar-refractivity contribution is 0.0923. The zero-order valence-corrected chi connectivity index (χ0v) is 18.5. The average Bonchev–Trinajstić information content (AvgIpc) is 2.81. The van der Waals surface area contributed by atoms with Crippen molar-refractivity contribution in [2.75, 3.05) is 12.4 Å². The second-order valence-corrected chi connectivity index (χ2v) is 7.36. The topological polar surface area (TPSA) is 98.3 Å². The third-order valence-electron chi connectivity index (χ3n) is 5.21. The highest BCUT2D eigenvalue weighted by Gasteiger charge is 2.24. The number of halogens is 1. The fourth-order valence-corrected chi connectivity index (χ4v) is 3.60. The van der Waals surface area contributed by atoms with Crippen molar-refractivity contribution in [3.05, 3.63) is 66.5 Å². The smallest absolute Gasteiger partial charge is 0.257 e. The van der Waals surface area contributed by atoms with Crippen molar-refractivity contribution in [1.82, 2.24) is 20.3 Å². The van der Waals surface area contributed by atoms with Gasteiger partial charge in [0.25, 0.3) is 5.91 Å². The summed E-state index contributed by atoms with van der Waals surface area (Å²) in [7, 11) is 1.58. The highest BCUT2D eigenvalue weighted by atomic mass is 35.5. The molecule has 3 aromatic rings. The van der Waals surface area contributed by atoms with E-state index >= 15 is 0 Å². The summed E-state index contributed by atoms with van der Waals surface area (Å²) in [5, 5.41) is 6.48. The number of nitrogens with one attached hydrogen (secondary N) is 2. The molecule has 1 amide bonds. The quantitative estimate of drug-likeness (QED) is 0.549. The van der Waals surface area contributed by atoms with Crippen LogP contribution in [0.4, 0.5) is 5.95 Å². The second kappa shape index (κ2) is 11.3. The Labute approximate surface area is 193 Å². The molecule has 2 N–H and O–H groups in total. The van der Waals surface area contributed by atoms with Crippen LogP contribution < -0.4 is 20.1 Å². The van der Waals surface area contributed by atoms with Gasteiger partial charge < -0.3 is 20.1 Å². The van der Waals surface area contributed by atoms with Crippen LogP contribution >= 0.6 is 12.4 Å². The summed E-state index contributed by atoms with van der Waals surface area (Å²) in [4.78, 5) is 25.7. The number of anilines is 1. The van der Waals surface area contributed by atoms with Crippen molar-refractivity contribution >= 4 is 24.3 Å². The number of amides is 1. The monoisotopic (exact) mass is 455 g/mol. The summed E-state index contributed by atoms with van der Waals surface area (Å²) in [6.45, 7) is 0. The van der Waals surface area contributed by atoms with Gasteiger partial charge in [-0.3, -0.25) is 4.79 Å². The predicted octanol–water partition coefficient (Wildman–Crippen LogP) is 4.25. The molecule has 1 fully saturated rings. The van der Waals surface area contributed by atoms with Crippen LogP contribution in [0.1, 0.15) is 36.0 Å². The van der Waals surface area contributed by atoms with Crippen molar-refractivity contribution in [1.29, 1.82) is 0 Å². The average molecular weight is 456 g/mol. The van der Waals surface area contributed by atoms with Crippen LogP contribution in [0.15, 0.2) is 60.9 Å². The van der Waals surface area contributed by atoms with Crippen molar-refractivity contribution in [3.63, 3.8) is 0 Å². The second-order valence-electron chi connectivity index (χ2n) is 7.36. The van der Waals surface area contributed by atoms with Crippen molar-refractivity contribution in [2.24, 2.45) is 0 Å². The van der Waals surface area contributed by atoms with Crippen LogP contribution in [0.3, 0.4) is 0 Å². The molecule has 0 atom stereocenters. The van der Waals surface area contributed by atoms with E-state index in [4.69, 9.17) is 9.47 Å². The Morgan fingerprint density at radius 1 is 0.938 bits per heavy atom. The van der Waals surface area contributed by atoms with Crippen molar-refractivity contribution in [2.45, 2.75) is 37.8 Å². The molecule has 0 spiro atoms. The molecular formula is C23H26ClN5O3. The van der Waals surface area contributed by atoms with E-state index in [0.29, 0.717) is 29.0 Å². The summed E-state index contributed by atoms with van der Waals surface area (Å²) in [6, 6.07) is 14.9. The lowest BCUT2D eigenvalue weighted by Gasteiger charge is -2.29. The van der Waals surface area contributed by atoms with Crippen molar-refractivity contribution in [3.8, 4) is 17.5 Å². The molecule has 0 unspecified atom stereocenters. The summed E-state index contributed by atoms with van der Waals surface area (Å²) < 4.78 is 11.0. The van der Waals surface area contributed by atoms with E-state index in [1.807, 2.05) is 30.3 Å². The van der Waals surface area contributed by atoms with E-state index in [1.54, 1.807) is 37.7 Å². The third kappa shape index (κ3) is 6.07. The molecule has 8 nitrogen and oxygen atoms in total. The first-order chi connectivity index (χ1) is 15.2. The van der Waals surface area contributed by atoms with Gasteiger partial charge in [0.1, 0.15) is 11.3 Å². The maximum absolute atomic E-state index is 12.9. The number of hydrogen-bond donors (Lipinski definition) is 2. The standard InChI is InChI=1S/C23H25N5O3.ClH/c1-30-20-13-15-25-23(28-20)27-17-11-9-16(10-12-17)26-21(29)19-8-5-14-24-22(19)31-18-6-3-2-4-7-18;/h2-8,13-17H,9-12H2,1H3,(H,26,29)(H,25,27,28);1H. The SMILES string of the molecule is COc1ccnc(NC2CCC(NC(=O)c3cccnc3Oc3ccccc3)CC2)n1.Cl. The highest BCUT2D eigenvalue weighted by Crippen LogP contribution is 2.25. The zero-order valence-electron chi connectivity index (χ0n) is 17.7. The Balaban J connectivity index is 0.00000289. The van der Waals surface area contributed by atoms with Crippen LogP contribution in [0.25, 0.3) is 0 Å². The van der Waals surface area contributed by atoms with E-state index in [-0.39, 0.29) is 30.4 Å². The fourth-order valence-electron chi connectivity index (χ4n) is 3.60. The Kier molecular flexibility index (Phi) is 8.21. The van der Waals surface area contributed by atoms with E-state index in [1.165, 1.54) is 0 Å². The Morgan fingerprint density at radius 2 is 1.69 bits per heavy atom. The Hall–Kier alpha value is -3.39. The molecule has 32 heavy (non-hydrogen) atoms. The van der Waals surface area contributed by atoms with Gasteiger partial charge in [0.05, 0.1) is 7.11 Å². The molecule has 1 aromatic carbocycles. The van der Waals surface area contributed by atoms with Gasteiger partial charge in [-0.05, 0) is 49.9 Å². The number of hydrogen-bond acceptors (Lipinski definition) is 7. The number of nitrogens with zero attached hydrogens (tertiary/aromatic N) is 3. The lowest BCUT2D eigenvalue weighted by Crippen LogP contribution is -2.40. The first-order valence-electron chi connectivity index (χ1n) is 10.3. The van der Waals surface area contributed by atoms with Gasteiger partial charge in [-0.2, -0.15) is 4.98 Å². The number of benzene rings is 1. The molecule has 4 rings (SSSR count). The number of ether oxygens (including phenoxy) is 2. The number of para-hydroxylation sites is 1. The number of carbonyl (C=O) groups excluding carboxylic acids is 1. The molecule has 1 aliphatic rings. The molecule has 1 saturated carbocycles. The summed E-state index contributed by atoms with van der Waals surface area (Å²) in [5.41, 5.74) is 0.427. The van der Waals surface area contributed by atoms with Gasteiger partial charge in [0.2, 0.25) is 17.7 Å². The Morgan fingerprint density at radius 3 is 2.44 bits per heavy atom. The fraction of sp³-hybridized carbons (Fsp3) is 0.304. The summed E-state index contributed by atoms with van der Waals surface area (Å²) >= 11 is 0. The minimum Gasteiger partial charge on any atom is -0.481 e. The molecule has 0 bridgehead atoms. The van der Waals surface area contributed by atoms with E-state index in [0.717, 1.165) is 25.7 Å². The van der Waals surface area contributed by atoms with Crippen LogP contribution in [-0.2, 0) is 0 Å². The van der Waals surface area contributed by atoms with Crippen LogP contribution in [0.5, 0.6) is 17.5 Å². The zero-order chi connectivity index (χ0) is 21.5. The minimum absolute atomic E-state index is 0. The van der Waals surface area contributed by atoms with Gasteiger partial charge in [-0.1, -0.05) is 18.2 Å². The maximum Gasteiger partial charge on any atom is 0.257 e. The summed E-state index contributed by atoms with van der Waals surface area (Å²) in [6.07, 6.45) is 6.83. The van der Waals surface area contributed by atoms with E-state index < -0.39 is 0 Å². The van der Waals surface area contributed by atoms with Gasteiger partial charge in [-0.15, -0.1) is 12.4 Å². The Bertz CT molecular complexity index is 1010. The first-order valence-corrected chi connectivity index (χ1v) is 10.3. The third-order valence-corrected chi connectivity index (χ3v) is 5.21. The molecule has 168 valence electrons. The van der Waals surface area contributed by atoms with Gasteiger partial charge in [0.15, 0.2) is 0 Å². The van der Waals surface area contributed by atoms with E-state index in [2.05, 4.69) is 25.6 Å². The van der Waals surface area contributed by atoms with Crippen LogP contribution in [0.2, 0.25) is 0 Å². The van der Waals surface area contributed by atoms with Crippen LogP contribution in [0, 0.1) is 0 Å². The molecule has 0 aliphatic heterocycles. The number of pyridine rings is 1. The summed E-state index contributed by atoms with van der Waals surface area (Å²) in [5.74, 6) is 1.86. The van der Waals surface area contributed by atoms with E-state index in [9.17, 15) is 4.79 Å². The van der Waals surface area contributed by atoms with Crippen LogP contribution in [-0.4, -0.2) is 40.1 Å². The first kappa shape index (κ1) is 23.3. The number of aromatic nitrogens is 3. The number of rotatable bonds is 7. The molecule has 0 radical (unpaired) electrons. The highest BCUT2D eigenvalue weighted by molar-refractivity contribution is 5.96. The molecule has 2 heterocycles. The molecule has 0 saturated heterocycles. The predicted molar refractivity (Wildman–Crippen MR) is 124 cm³/mol. The number of methoxy groups -OCH3 is 1. The molecule has 1 aliphatic carbocycles.